The molecule has 3 N–H and O–H groups in total. The summed E-state index contributed by atoms with van der Waals surface area (Å²) in [7, 11) is 1.61. The summed E-state index contributed by atoms with van der Waals surface area (Å²) in [4.78, 5) is 14.3. The van der Waals surface area contributed by atoms with Gasteiger partial charge in [0.15, 0.2) is 0 Å². The molecular weight excluding hydrogens is 302 g/mol. The van der Waals surface area contributed by atoms with Crippen LogP contribution >= 0.6 is 12.4 Å². The van der Waals surface area contributed by atoms with Crippen LogP contribution in [0, 0.1) is 5.41 Å². The lowest BCUT2D eigenvalue weighted by Crippen LogP contribution is -2.53. The van der Waals surface area contributed by atoms with Gasteiger partial charge in [0, 0.05) is 30.9 Å². The molecule has 0 bridgehead atoms. The molecule has 1 atom stereocenters. The molecule has 1 aliphatic rings. The van der Waals surface area contributed by atoms with Gasteiger partial charge in [-0.25, -0.2) is 0 Å². The number of rotatable bonds is 4. The second-order valence-corrected chi connectivity index (χ2v) is 6.37. The summed E-state index contributed by atoms with van der Waals surface area (Å²) < 4.78 is 5.15. The SMILES string of the molecule is COc1cccc(NC(=O)CN2CCC(N)C(C)(C)C2)c1.Cl. The predicted molar refractivity (Wildman–Crippen MR) is 91.7 cm³/mol. The molecule has 1 unspecified atom stereocenters. The Morgan fingerprint density at radius 2 is 2.23 bits per heavy atom. The molecule has 6 heteroatoms. The van der Waals surface area contributed by atoms with E-state index in [4.69, 9.17) is 10.5 Å². The van der Waals surface area contributed by atoms with Crippen molar-refractivity contribution in [3.63, 3.8) is 0 Å². The number of nitrogens with zero attached hydrogens (tertiary/aromatic N) is 1. The summed E-state index contributed by atoms with van der Waals surface area (Å²) in [5, 5.41) is 2.91. The number of hydrogen-bond donors (Lipinski definition) is 2. The number of ether oxygens (including phenoxy) is 1. The fourth-order valence-corrected chi connectivity index (χ4v) is 2.72. The maximum atomic E-state index is 12.1. The topological polar surface area (TPSA) is 67.6 Å². The van der Waals surface area contributed by atoms with Gasteiger partial charge in [0.2, 0.25) is 5.91 Å². The fraction of sp³-hybridized carbons (Fsp3) is 0.562. The summed E-state index contributed by atoms with van der Waals surface area (Å²) >= 11 is 0. The number of benzene rings is 1. The van der Waals surface area contributed by atoms with Crippen LogP contribution in [0.25, 0.3) is 0 Å². The number of nitrogens with two attached hydrogens (primary N) is 1. The van der Waals surface area contributed by atoms with E-state index < -0.39 is 0 Å². The quantitative estimate of drug-likeness (QED) is 0.889. The number of halogens is 1. The van der Waals surface area contributed by atoms with Crippen molar-refractivity contribution >= 4 is 24.0 Å². The van der Waals surface area contributed by atoms with Gasteiger partial charge in [0.25, 0.3) is 0 Å². The number of carbonyl (C=O) groups is 1. The van der Waals surface area contributed by atoms with E-state index in [1.165, 1.54) is 0 Å². The summed E-state index contributed by atoms with van der Waals surface area (Å²) in [5.74, 6) is 0.729. The molecule has 22 heavy (non-hydrogen) atoms. The van der Waals surface area contributed by atoms with Crippen LogP contribution in [0.1, 0.15) is 20.3 Å². The third kappa shape index (κ3) is 4.87. The molecule has 0 radical (unpaired) electrons. The molecule has 1 aromatic rings. The van der Waals surface area contributed by atoms with Crippen LogP contribution in [-0.2, 0) is 4.79 Å². The Balaban J connectivity index is 0.00000242. The Hall–Kier alpha value is -1.30. The third-order valence-electron chi connectivity index (χ3n) is 4.11. The first kappa shape index (κ1) is 18.7. The Kier molecular flexibility index (Phi) is 6.66. The minimum Gasteiger partial charge on any atom is -0.497 e. The minimum atomic E-state index is -0.00507. The van der Waals surface area contributed by atoms with E-state index >= 15 is 0 Å². The van der Waals surface area contributed by atoms with Gasteiger partial charge in [0.1, 0.15) is 5.75 Å². The number of hydrogen-bond acceptors (Lipinski definition) is 4. The van der Waals surface area contributed by atoms with Gasteiger partial charge in [-0.05, 0) is 24.0 Å². The van der Waals surface area contributed by atoms with Gasteiger partial charge in [0.05, 0.1) is 13.7 Å². The van der Waals surface area contributed by atoms with E-state index in [9.17, 15) is 4.79 Å². The van der Waals surface area contributed by atoms with Crippen molar-refractivity contribution < 1.29 is 9.53 Å². The minimum absolute atomic E-state index is 0. The maximum absolute atomic E-state index is 12.1. The summed E-state index contributed by atoms with van der Waals surface area (Å²) in [6.07, 6.45) is 0.930. The molecule has 1 heterocycles. The molecule has 1 saturated heterocycles. The van der Waals surface area contributed by atoms with Gasteiger partial charge in [-0.2, -0.15) is 0 Å². The standard InChI is InChI=1S/C16H25N3O2.ClH/c1-16(2)11-19(8-7-14(16)17)10-15(20)18-12-5-4-6-13(9-12)21-3;/h4-6,9,14H,7-8,10-11,17H2,1-3H3,(H,18,20);1H. The zero-order valence-corrected chi connectivity index (χ0v) is 14.3. The average Bonchev–Trinajstić information content (AvgIpc) is 2.42. The fourth-order valence-electron chi connectivity index (χ4n) is 2.72. The number of amides is 1. The summed E-state index contributed by atoms with van der Waals surface area (Å²) in [6, 6.07) is 7.58. The van der Waals surface area contributed by atoms with Crippen molar-refractivity contribution in [2.75, 3.05) is 32.1 Å². The van der Waals surface area contributed by atoms with Crippen molar-refractivity contribution in [1.29, 1.82) is 0 Å². The highest BCUT2D eigenvalue weighted by Gasteiger charge is 2.33. The number of likely N-dealkylation sites (tertiary alicyclic amines) is 1. The van der Waals surface area contributed by atoms with E-state index in [0.29, 0.717) is 6.54 Å². The lowest BCUT2D eigenvalue weighted by Gasteiger charge is -2.42. The van der Waals surface area contributed by atoms with E-state index in [0.717, 1.165) is 30.9 Å². The normalized spacial score (nSPS) is 20.8. The number of piperidine rings is 1. The highest BCUT2D eigenvalue weighted by atomic mass is 35.5. The van der Waals surface area contributed by atoms with E-state index in [1.54, 1.807) is 7.11 Å². The van der Waals surface area contributed by atoms with Crippen LogP contribution < -0.4 is 15.8 Å². The molecule has 5 nitrogen and oxygen atoms in total. The molecule has 124 valence electrons. The number of anilines is 1. The first-order valence-electron chi connectivity index (χ1n) is 7.32. The molecule has 0 saturated carbocycles. The summed E-state index contributed by atoms with van der Waals surface area (Å²) in [5.41, 5.74) is 6.93. The van der Waals surface area contributed by atoms with Crippen LogP contribution in [-0.4, -0.2) is 43.6 Å². The van der Waals surface area contributed by atoms with Gasteiger partial charge in [-0.15, -0.1) is 12.4 Å². The number of carbonyl (C=O) groups excluding carboxylic acids is 1. The Morgan fingerprint density at radius 3 is 2.86 bits per heavy atom. The zero-order valence-electron chi connectivity index (χ0n) is 13.5. The third-order valence-corrected chi connectivity index (χ3v) is 4.11. The first-order valence-corrected chi connectivity index (χ1v) is 7.32. The molecule has 2 rings (SSSR count). The molecule has 1 fully saturated rings. The van der Waals surface area contributed by atoms with E-state index in [1.807, 2.05) is 24.3 Å². The van der Waals surface area contributed by atoms with Crippen molar-refractivity contribution in [1.82, 2.24) is 4.90 Å². The van der Waals surface area contributed by atoms with Crippen LogP contribution in [0.5, 0.6) is 5.75 Å². The maximum Gasteiger partial charge on any atom is 0.238 e. The highest BCUT2D eigenvalue weighted by molar-refractivity contribution is 5.92. The van der Waals surface area contributed by atoms with Crippen molar-refractivity contribution in [2.24, 2.45) is 11.1 Å². The molecular formula is C16H26ClN3O2. The zero-order chi connectivity index (χ0) is 15.5. The molecule has 1 aromatic carbocycles. The Bertz CT molecular complexity index is 508. The van der Waals surface area contributed by atoms with Gasteiger partial charge >= 0.3 is 0 Å². The van der Waals surface area contributed by atoms with Gasteiger partial charge in [-0.1, -0.05) is 19.9 Å². The Morgan fingerprint density at radius 1 is 1.50 bits per heavy atom. The lowest BCUT2D eigenvalue weighted by atomic mass is 9.80. The molecule has 0 aromatic heterocycles. The molecule has 0 spiro atoms. The van der Waals surface area contributed by atoms with Crippen LogP contribution in [0.15, 0.2) is 24.3 Å². The molecule has 1 aliphatic heterocycles. The number of nitrogens with one attached hydrogen (secondary N) is 1. The predicted octanol–water partition coefficient (Wildman–Crippen LogP) is 2.11. The molecule has 0 aliphatic carbocycles. The highest BCUT2D eigenvalue weighted by Crippen LogP contribution is 2.27. The van der Waals surface area contributed by atoms with E-state index in [-0.39, 0.29) is 29.8 Å². The van der Waals surface area contributed by atoms with Crippen molar-refractivity contribution in [3.05, 3.63) is 24.3 Å². The van der Waals surface area contributed by atoms with Gasteiger partial charge < -0.3 is 15.8 Å². The van der Waals surface area contributed by atoms with Crippen LogP contribution in [0.3, 0.4) is 0 Å². The first-order chi connectivity index (χ1) is 9.90. The average molecular weight is 328 g/mol. The second kappa shape index (κ2) is 7.81. The second-order valence-electron chi connectivity index (χ2n) is 6.37. The van der Waals surface area contributed by atoms with Crippen LogP contribution in [0.2, 0.25) is 0 Å². The Labute approximate surface area is 138 Å². The lowest BCUT2D eigenvalue weighted by molar-refractivity contribution is -0.118. The van der Waals surface area contributed by atoms with Crippen molar-refractivity contribution in [3.8, 4) is 5.75 Å². The van der Waals surface area contributed by atoms with Crippen molar-refractivity contribution in [2.45, 2.75) is 26.3 Å². The van der Waals surface area contributed by atoms with Gasteiger partial charge in [-0.3, -0.25) is 9.69 Å². The van der Waals surface area contributed by atoms with E-state index in [2.05, 4.69) is 24.1 Å². The summed E-state index contributed by atoms with van der Waals surface area (Å²) in [6.45, 7) is 6.43. The van der Waals surface area contributed by atoms with Crippen LogP contribution in [0.4, 0.5) is 5.69 Å². The largest absolute Gasteiger partial charge is 0.497 e. The monoisotopic (exact) mass is 327 g/mol. The molecule has 1 amide bonds. The smallest absolute Gasteiger partial charge is 0.238 e. The number of methoxy groups -OCH3 is 1.